The largest absolute Gasteiger partial charge is 0.481 e. The maximum absolute atomic E-state index is 12.8. The van der Waals surface area contributed by atoms with E-state index in [1.54, 1.807) is 6.92 Å². The Bertz CT molecular complexity index is 282. The van der Waals surface area contributed by atoms with Crippen molar-refractivity contribution in [1.82, 2.24) is 4.90 Å². The first-order valence-corrected chi connectivity index (χ1v) is 5.43. The van der Waals surface area contributed by atoms with Gasteiger partial charge in [-0.1, -0.05) is 0 Å². The molecule has 7 heteroatoms. The number of carboxylic acid groups (broad SMARTS) is 1. The lowest BCUT2D eigenvalue weighted by atomic mass is 9.86. The maximum atomic E-state index is 12.8. The monoisotopic (exact) mass is 255 g/mol. The predicted octanol–water partition coefficient (Wildman–Crippen LogP) is 1.36. The summed E-state index contributed by atoms with van der Waals surface area (Å²) < 4.78 is 43.4. The van der Waals surface area contributed by atoms with Crippen LogP contribution in [-0.2, 0) is 9.53 Å². The average molecular weight is 255 g/mol. The summed E-state index contributed by atoms with van der Waals surface area (Å²) in [7, 11) is 0. The molecule has 1 aliphatic heterocycles. The van der Waals surface area contributed by atoms with Crippen molar-refractivity contribution in [2.45, 2.75) is 19.5 Å². The molecule has 0 saturated carbocycles. The summed E-state index contributed by atoms with van der Waals surface area (Å²) in [6.45, 7) is 2.60. The zero-order valence-electron chi connectivity index (χ0n) is 9.59. The Morgan fingerprint density at radius 2 is 2.18 bits per heavy atom. The fourth-order valence-electron chi connectivity index (χ4n) is 1.94. The number of nitrogens with zero attached hydrogens (tertiary/aromatic N) is 1. The number of hydrogen-bond acceptors (Lipinski definition) is 3. The second-order valence-corrected chi connectivity index (χ2v) is 4.11. The summed E-state index contributed by atoms with van der Waals surface area (Å²) in [5.41, 5.74) is -2.61. The van der Waals surface area contributed by atoms with E-state index < -0.39 is 30.5 Å². The van der Waals surface area contributed by atoms with E-state index in [4.69, 9.17) is 9.84 Å². The zero-order valence-corrected chi connectivity index (χ0v) is 9.59. The summed E-state index contributed by atoms with van der Waals surface area (Å²) in [4.78, 5) is 12.4. The lowest BCUT2D eigenvalue weighted by Gasteiger charge is -2.27. The van der Waals surface area contributed by atoms with E-state index in [-0.39, 0.29) is 6.54 Å². The molecule has 1 N–H and O–H groups in total. The van der Waals surface area contributed by atoms with Crippen LogP contribution in [-0.4, -0.2) is 55.0 Å². The number of halogens is 3. The first-order valence-electron chi connectivity index (χ1n) is 5.43. The van der Waals surface area contributed by atoms with E-state index in [9.17, 15) is 18.0 Å². The molecule has 1 rings (SSSR count). The molecule has 1 unspecified atom stereocenters. The lowest BCUT2D eigenvalue weighted by Crippen LogP contribution is -2.47. The quantitative estimate of drug-likeness (QED) is 0.754. The minimum Gasteiger partial charge on any atom is -0.481 e. The third-order valence-electron chi connectivity index (χ3n) is 3.06. The number of hydrogen-bond donors (Lipinski definition) is 1. The summed E-state index contributed by atoms with van der Waals surface area (Å²) in [6, 6.07) is 0. The highest BCUT2D eigenvalue weighted by molar-refractivity contribution is 5.76. The molecule has 0 radical (unpaired) electrons. The Morgan fingerprint density at radius 1 is 1.53 bits per heavy atom. The topological polar surface area (TPSA) is 49.8 Å². The number of carboxylic acids is 1. The Balaban J connectivity index is 2.63. The van der Waals surface area contributed by atoms with Crippen LogP contribution in [0.2, 0.25) is 0 Å². The van der Waals surface area contributed by atoms with Crippen LogP contribution in [0, 0.1) is 5.41 Å². The number of aliphatic carboxylic acids is 1. The van der Waals surface area contributed by atoms with Gasteiger partial charge in [0.2, 0.25) is 0 Å². The van der Waals surface area contributed by atoms with Crippen LogP contribution in [0.5, 0.6) is 0 Å². The second kappa shape index (κ2) is 5.22. The van der Waals surface area contributed by atoms with Crippen molar-refractivity contribution in [1.29, 1.82) is 0 Å². The van der Waals surface area contributed by atoms with E-state index in [0.717, 1.165) is 0 Å². The molecule has 100 valence electrons. The van der Waals surface area contributed by atoms with Crippen molar-refractivity contribution >= 4 is 5.97 Å². The van der Waals surface area contributed by atoms with E-state index in [2.05, 4.69) is 0 Å². The van der Waals surface area contributed by atoms with Gasteiger partial charge in [-0.05, 0) is 19.9 Å². The lowest BCUT2D eigenvalue weighted by molar-refractivity contribution is -0.227. The number of ether oxygens (including phenoxy) is 1. The van der Waals surface area contributed by atoms with Gasteiger partial charge in [0.1, 0.15) is 0 Å². The molecule has 1 atom stereocenters. The smallest absolute Gasteiger partial charge is 0.406 e. The third kappa shape index (κ3) is 2.90. The number of rotatable bonds is 5. The van der Waals surface area contributed by atoms with Gasteiger partial charge in [0, 0.05) is 19.7 Å². The van der Waals surface area contributed by atoms with Crippen LogP contribution in [0.15, 0.2) is 0 Å². The molecule has 0 aromatic rings. The van der Waals surface area contributed by atoms with Crippen molar-refractivity contribution in [3.8, 4) is 0 Å². The highest BCUT2D eigenvalue weighted by Crippen LogP contribution is 2.45. The van der Waals surface area contributed by atoms with Gasteiger partial charge in [-0.3, -0.25) is 9.69 Å². The van der Waals surface area contributed by atoms with Crippen LogP contribution in [0.1, 0.15) is 13.3 Å². The van der Waals surface area contributed by atoms with Crippen molar-refractivity contribution in [3.05, 3.63) is 0 Å². The molecule has 0 amide bonds. The average Bonchev–Trinajstić information content (AvgIpc) is 2.63. The van der Waals surface area contributed by atoms with Crippen LogP contribution in [0.3, 0.4) is 0 Å². The number of likely N-dealkylation sites (tertiary alicyclic amines) is 1. The highest BCUT2D eigenvalue weighted by atomic mass is 19.4. The zero-order chi connectivity index (χ0) is 13.1. The van der Waals surface area contributed by atoms with E-state index >= 15 is 0 Å². The fraction of sp³-hybridized carbons (Fsp3) is 0.900. The van der Waals surface area contributed by atoms with Gasteiger partial charge in [0.25, 0.3) is 0 Å². The third-order valence-corrected chi connectivity index (χ3v) is 3.06. The van der Waals surface area contributed by atoms with E-state index in [0.29, 0.717) is 19.8 Å². The molecule has 1 heterocycles. The van der Waals surface area contributed by atoms with E-state index in [1.165, 1.54) is 4.90 Å². The normalized spacial score (nSPS) is 26.4. The Labute approximate surface area is 97.3 Å². The Kier molecular flexibility index (Phi) is 4.37. The van der Waals surface area contributed by atoms with Crippen LogP contribution < -0.4 is 0 Å². The van der Waals surface area contributed by atoms with Gasteiger partial charge in [-0.15, -0.1) is 0 Å². The van der Waals surface area contributed by atoms with Gasteiger partial charge in [0.15, 0.2) is 5.41 Å². The van der Waals surface area contributed by atoms with Crippen LogP contribution in [0.4, 0.5) is 13.2 Å². The molecular formula is C10H16F3NO3. The van der Waals surface area contributed by atoms with Crippen LogP contribution in [0.25, 0.3) is 0 Å². The fourth-order valence-corrected chi connectivity index (χ4v) is 1.94. The van der Waals surface area contributed by atoms with Gasteiger partial charge < -0.3 is 9.84 Å². The number of alkyl halides is 3. The van der Waals surface area contributed by atoms with Gasteiger partial charge in [0.05, 0.1) is 6.61 Å². The SMILES string of the molecule is CCOCCN1CCC(C(=O)O)(C(F)(F)F)C1. The number of carbonyl (C=O) groups is 1. The minimum atomic E-state index is -4.71. The predicted molar refractivity (Wildman–Crippen MR) is 53.7 cm³/mol. The van der Waals surface area contributed by atoms with Crippen molar-refractivity contribution < 1.29 is 27.8 Å². The molecule has 17 heavy (non-hydrogen) atoms. The first kappa shape index (κ1) is 14.2. The second-order valence-electron chi connectivity index (χ2n) is 4.11. The Hall–Kier alpha value is -0.820. The molecule has 0 aromatic heterocycles. The highest BCUT2D eigenvalue weighted by Gasteiger charge is 2.63. The van der Waals surface area contributed by atoms with Crippen molar-refractivity contribution in [3.63, 3.8) is 0 Å². The van der Waals surface area contributed by atoms with Crippen LogP contribution >= 0.6 is 0 Å². The van der Waals surface area contributed by atoms with E-state index in [1.807, 2.05) is 0 Å². The van der Waals surface area contributed by atoms with Crippen molar-refractivity contribution in [2.24, 2.45) is 5.41 Å². The van der Waals surface area contributed by atoms with Gasteiger partial charge >= 0.3 is 12.1 Å². The minimum absolute atomic E-state index is 0.138. The first-order chi connectivity index (χ1) is 7.83. The molecule has 0 spiro atoms. The molecule has 1 fully saturated rings. The van der Waals surface area contributed by atoms with Gasteiger partial charge in [-0.2, -0.15) is 13.2 Å². The molecule has 1 aliphatic rings. The molecule has 0 aliphatic carbocycles. The summed E-state index contributed by atoms with van der Waals surface area (Å²) in [5, 5.41) is 8.81. The molecular weight excluding hydrogens is 239 g/mol. The standard InChI is InChI=1S/C10H16F3NO3/c1-2-17-6-5-14-4-3-9(7-14,8(15)16)10(11,12)13/h2-7H2,1H3,(H,15,16). The Morgan fingerprint density at radius 3 is 2.59 bits per heavy atom. The summed E-state index contributed by atoms with van der Waals surface area (Å²) in [5.74, 6) is -1.79. The maximum Gasteiger partial charge on any atom is 0.406 e. The summed E-state index contributed by atoms with van der Waals surface area (Å²) >= 11 is 0. The summed E-state index contributed by atoms with van der Waals surface area (Å²) in [6.07, 6.45) is -5.10. The van der Waals surface area contributed by atoms with Crippen molar-refractivity contribution in [2.75, 3.05) is 32.8 Å². The van der Waals surface area contributed by atoms with Gasteiger partial charge in [-0.25, -0.2) is 0 Å². The molecule has 0 bridgehead atoms. The molecule has 0 aromatic carbocycles. The molecule has 4 nitrogen and oxygen atoms in total. The molecule has 1 saturated heterocycles.